The summed E-state index contributed by atoms with van der Waals surface area (Å²) in [6, 6.07) is 0. The molecule has 0 spiro atoms. The van der Waals surface area contributed by atoms with Gasteiger partial charge in [-0.1, -0.05) is 0 Å². The van der Waals surface area contributed by atoms with Gasteiger partial charge in [-0.05, 0) is 7.05 Å². The van der Waals surface area contributed by atoms with Gasteiger partial charge in [-0.3, -0.25) is 4.79 Å². The lowest BCUT2D eigenvalue weighted by Crippen LogP contribution is -2.45. The van der Waals surface area contributed by atoms with Crippen molar-refractivity contribution in [2.75, 3.05) is 39.8 Å². The minimum atomic E-state index is -5.08. The van der Waals surface area contributed by atoms with Gasteiger partial charge in [-0.25, -0.2) is 4.79 Å². The summed E-state index contributed by atoms with van der Waals surface area (Å²) in [5, 5.41) is 7.12. The summed E-state index contributed by atoms with van der Waals surface area (Å²) in [5.41, 5.74) is 5.06. The van der Waals surface area contributed by atoms with Gasteiger partial charge in [0.25, 0.3) is 0 Å². The van der Waals surface area contributed by atoms with Crippen LogP contribution in [0.2, 0.25) is 0 Å². The van der Waals surface area contributed by atoms with Gasteiger partial charge in [0.2, 0.25) is 5.91 Å². The molecule has 3 N–H and O–H groups in total. The Bertz CT molecular complexity index is 302. The van der Waals surface area contributed by atoms with Crippen LogP contribution in [-0.2, 0) is 9.59 Å². The molecule has 0 radical (unpaired) electrons. The second kappa shape index (κ2) is 7.95. The van der Waals surface area contributed by atoms with Crippen molar-refractivity contribution in [2.45, 2.75) is 12.6 Å². The number of nitrogens with two attached hydrogens (primary N) is 1. The molecule has 0 unspecified atom stereocenters. The fourth-order valence-corrected chi connectivity index (χ4v) is 1.34. The Hall–Kier alpha value is -1.35. The number of halogens is 3. The van der Waals surface area contributed by atoms with E-state index in [0.29, 0.717) is 6.42 Å². The zero-order chi connectivity index (χ0) is 15.1. The first-order valence-corrected chi connectivity index (χ1v) is 5.62. The first-order chi connectivity index (χ1) is 8.62. The van der Waals surface area contributed by atoms with Crippen LogP contribution in [0, 0.1) is 0 Å². The minimum Gasteiger partial charge on any atom is -0.475 e. The van der Waals surface area contributed by atoms with Crippen LogP contribution in [0.1, 0.15) is 6.42 Å². The standard InChI is InChI=1S/C8H17N3O.C2HF3O2/c1-10-4-6-11(7-5-10)3-2-8(9)12;3-2(4,5)1(6)7/h2-7H2,1H3,(H2,9,12);(H,6,7). The number of carbonyl (C=O) groups is 2. The van der Waals surface area contributed by atoms with Crippen LogP contribution >= 0.6 is 0 Å². The molecule has 0 aromatic carbocycles. The highest BCUT2D eigenvalue weighted by atomic mass is 19.4. The number of piperazine rings is 1. The number of primary amides is 1. The van der Waals surface area contributed by atoms with E-state index in [2.05, 4.69) is 16.8 Å². The fourth-order valence-electron chi connectivity index (χ4n) is 1.34. The predicted octanol–water partition coefficient (Wildman–Crippen LogP) is -0.257. The van der Waals surface area contributed by atoms with Crippen molar-refractivity contribution in [3.63, 3.8) is 0 Å². The topological polar surface area (TPSA) is 86.9 Å². The van der Waals surface area contributed by atoms with E-state index in [0.717, 1.165) is 32.7 Å². The number of carboxylic acids is 1. The Morgan fingerprint density at radius 2 is 1.63 bits per heavy atom. The van der Waals surface area contributed by atoms with Crippen molar-refractivity contribution >= 4 is 11.9 Å². The van der Waals surface area contributed by atoms with E-state index in [1.165, 1.54) is 0 Å². The van der Waals surface area contributed by atoms with Crippen molar-refractivity contribution in [1.82, 2.24) is 9.80 Å². The Morgan fingerprint density at radius 1 is 1.21 bits per heavy atom. The SMILES string of the molecule is CN1CCN(CCC(N)=O)CC1.O=C(O)C(F)(F)F. The molecule has 0 aliphatic carbocycles. The maximum absolute atomic E-state index is 10.6. The van der Waals surface area contributed by atoms with Crippen molar-refractivity contribution in [3.8, 4) is 0 Å². The molecule has 9 heteroatoms. The van der Waals surface area contributed by atoms with E-state index in [9.17, 15) is 18.0 Å². The molecule has 112 valence electrons. The van der Waals surface area contributed by atoms with Crippen LogP contribution in [0.15, 0.2) is 0 Å². The Morgan fingerprint density at radius 3 is 1.95 bits per heavy atom. The zero-order valence-corrected chi connectivity index (χ0v) is 10.6. The Labute approximate surface area is 108 Å². The van der Waals surface area contributed by atoms with Crippen molar-refractivity contribution < 1.29 is 27.9 Å². The molecule has 0 aromatic heterocycles. The van der Waals surface area contributed by atoms with Gasteiger partial charge in [-0.2, -0.15) is 13.2 Å². The summed E-state index contributed by atoms with van der Waals surface area (Å²) in [5.74, 6) is -2.96. The summed E-state index contributed by atoms with van der Waals surface area (Å²) in [7, 11) is 2.12. The van der Waals surface area contributed by atoms with Crippen molar-refractivity contribution in [3.05, 3.63) is 0 Å². The molecule has 1 rings (SSSR count). The minimum absolute atomic E-state index is 0.200. The third kappa shape index (κ3) is 9.25. The number of hydrogen-bond donors (Lipinski definition) is 2. The average Bonchev–Trinajstić information content (AvgIpc) is 2.27. The predicted molar refractivity (Wildman–Crippen MR) is 61.4 cm³/mol. The van der Waals surface area contributed by atoms with Gasteiger partial charge in [0, 0.05) is 39.1 Å². The van der Waals surface area contributed by atoms with Crippen LogP contribution < -0.4 is 5.73 Å². The first kappa shape index (κ1) is 17.6. The first-order valence-electron chi connectivity index (χ1n) is 5.62. The van der Waals surface area contributed by atoms with Gasteiger partial charge < -0.3 is 20.6 Å². The van der Waals surface area contributed by atoms with Gasteiger partial charge in [-0.15, -0.1) is 0 Å². The van der Waals surface area contributed by atoms with Gasteiger partial charge in [0.1, 0.15) is 0 Å². The summed E-state index contributed by atoms with van der Waals surface area (Å²) in [6.45, 7) is 5.13. The molecule has 6 nitrogen and oxygen atoms in total. The van der Waals surface area contributed by atoms with Crippen molar-refractivity contribution in [2.24, 2.45) is 5.73 Å². The lowest BCUT2D eigenvalue weighted by Gasteiger charge is -2.31. The van der Waals surface area contributed by atoms with E-state index in [1.807, 2.05) is 0 Å². The van der Waals surface area contributed by atoms with Crippen LogP contribution in [0.25, 0.3) is 0 Å². The maximum atomic E-state index is 10.6. The lowest BCUT2D eigenvalue weighted by atomic mass is 10.3. The largest absolute Gasteiger partial charge is 0.490 e. The van der Waals surface area contributed by atoms with Crippen LogP contribution in [-0.4, -0.2) is 72.7 Å². The zero-order valence-electron chi connectivity index (χ0n) is 10.6. The normalized spacial score (nSPS) is 17.5. The van der Waals surface area contributed by atoms with E-state index < -0.39 is 12.1 Å². The molecule has 1 aliphatic heterocycles. The molecule has 0 saturated carbocycles. The summed E-state index contributed by atoms with van der Waals surface area (Å²) in [6.07, 6.45) is -4.59. The highest BCUT2D eigenvalue weighted by Gasteiger charge is 2.38. The second-order valence-electron chi connectivity index (χ2n) is 4.16. The number of rotatable bonds is 3. The second-order valence-corrected chi connectivity index (χ2v) is 4.16. The molecule has 1 heterocycles. The smallest absolute Gasteiger partial charge is 0.475 e. The summed E-state index contributed by atoms with van der Waals surface area (Å²) >= 11 is 0. The number of hydrogen-bond acceptors (Lipinski definition) is 4. The van der Waals surface area contributed by atoms with Crippen LogP contribution in [0.3, 0.4) is 0 Å². The molecule has 19 heavy (non-hydrogen) atoms. The van der Waals surface area contributed by atoms with E-state index in [1.54, 1.807) is 0 Å². The number of alkyl halides is 3. The Balaban J connectivity index is 0.000000399. The van der Waals surface area contributed by atoms with E-state index in [4.69, 9.17) is 15.6 Å². The maximum Gasteiger partial charge on any atom is 0.490 e. The molecule has 1 saturated heterocycles. The molecule has 1 amide bonds. The number of likely N-dealkylation sites (N-methyl/N-ethyl adjacent to an activating group) is 1. The molecule has 1 aliphatic rings. The average molecular weight is 285 g/mol. The molecular formula is C10H18F3N3O3. The van der Waals surface area contributed by atoms with Crippen LogP contribution in [0.4, 0.5) is 13.2 Å². The Kier molecular flexibility index (Phi) is 7.38. The summed E-state index contributed by atoms with van der Waals surface area (Å²) < 4.78 is 31.7. The molecule has 0 atom stereocenters. The molecule has 0 bridgehead atoms. The van der Waals surface area contributed by atoms with Gasteiger partial charge in [0.05, 0.1) is 0 Å². The number of amides is 1. The molecule has 1 fully saturated rings. The van der Waals surface area contributed by atoms with Gasteiger partial charge in [0.15, 0.2) is 0 Å². The number of aliphatic carboxylic acids is 1. The van der Waals surface area contributed by atoms with Crippen LogP contribution in [0.5, 0.6) is 0 Å². The highest BCUT2D eigenvalue weighted by Crippen LogP contribution is 2.13. The lowest BCUT2D eigenvalue weighted by molar-refractivity contribution is -0.192. The fraction of sp³-hybridized carbons (Fsp3) is 0.800. The number of carboxylic acid groups (broad SMARTS) is 1. The third-order valence-corrected chi connectivity index (χ3v) is 2.51. The van der Waals surface area contributed by atoms with E-state index in [-0.39, 0.29) is 5.91 Å². The molecular weight excluding hydrogens is 267 g/mol. The van der Waals surface area contributed by atoms with Gasteiger partial charge >= 0.3 is 12.1 Å². The van der Waals surface area contributed by atoms with E-state index >= 15 is 0 Å². The van der Waals surface area contributed by atoms with Crippen molar-refractivity contribution in [1.29, 1.82) is 0 Å². The highest BCUT2D eigenvalue weighted by molar-refractivity contribution is 5.73. The third-order valence-electron chi connectivity index (χ3n) is 2.51. The number of carbonyl (C=O) groups excluding carboxylic acids is 1. The summed E-state index contributed by atoms with van der Waals surface area (Å²) in [4.78, 5) is 24.0. The monoisotopic (exact) mass is 285 g/mol. The quantitative estimate of drug-likeness (QED) is 0.746. The number of nitrogens with zero attached hydrogens (tertiary/aromatic N) is 2. The molecule has 0 aromatic rings.